The maximum absolute atomic E-state index is 15.7. The van der Waals surface area contributed by atoms with Gasteiger partial charge in [0.05, 0.1) is 5.70 Å². The molecule has 1 aromatic heterocycles. The third kappa shape index (κ3) is 5.05. The number of hydrogen-bond donors (Lipinski definition) is 2. The summed E-state index contributed by atoms with van der Waals surface area (Å²) in [5.41, 5.74) is 0.691. The molecule has 1 aliphatic rings. The number of benzene rings is 4. The van der Waals surface area contributed by atoms with Gasteiger partial charge < -0.3 is 15.2 Å². The first-order chi connectivity index (χ1) is 20.6. The summed E-state index contributed by atoms with van der Waals surface area (Å²) < 4.78 is 38.6. The van der Waals surface area contributed by atoms with Crippen molar-refractivity contribution in [2.24, 2.45) is 0 Å². The lowest BCUT2D eigenvalue weighted by molar-refractivity contribution is -0.131. The number of nitrogens with zero attached hydrogens (tertiary/aromatic N) is 1. The molecule has 1 aliphatic heterocycles. The van der Waals surface area contributed by atoms with Crippen LogP contribution in [0.5, 0.6) is 11.5 Å². The Balaban J connectivity index is 1.68. The van der Waals surface area contributed by atoms with Gasteiger partial charge in [-0.15, -0.1) is 0 Å². The third-order valence-electron chi connectivity index (χ3n) is 7.42. The van der Waals surface area contributed by atoms with E-state index in [1.165, 1.54) is 37.4 Å². The number of carboxylic acid groups (broad SMARTS) is 1. The number of rotatable bonds is 2. The highest BCUT2D eigenvalue weighted by atomic mass is 19.1. The van der Waals surface area contributed by atoms with Gasteiger partial charge in [-0.25, -0.2) is 13.6 Å². The fourth-order valence-electron chi connectivity index (χ4n) is 5.43. The Hall–Kier alpha value is -5.57. The quantitative estimate of drug-likeness (QED) is 0.233. The highest BCUT2D eigenvalue weighted by molar-refractivity contribution is 5.98. The van der Waals surface area contributed by atoms with Crippen molar-refractivity contribution < 1.29 is 28.2 Å². The lowest BCUT2D eigenvalue weighted by Gasteiger charge is -2.22. The molecule has 0 unspecified atom stereocenters. The zero-order valence-corrected chi connectivity index (χ0v) is 23.0. The van der Waals surface area contributed by atoms with Crippen LogP contribution in [0.15, 0.2) is 95.9 Å². The van der Waals surface area contributed by atoms with Crippen molar-refractivity contribution in [3.8, 4) is 22.6 Å². The Kier molecular flexibility index (Phi) is 6.85. The van der Waals surface area contributed by atoms with Gasteiger partial charge in [0, 0.05) is 35.0 Å². The molecule has 0 saturated heterocycles. The summed E-state index contributed by atoms with van der Waals surface area (Å²) in [7, 11) is 0. The number of fused-ring (bicyclic) bond motifs is 7. The first-order valence-electron chi connectivity index (χ1n) is 13.3. The van der Waals surface area contributed by atoms with E-state index in [4.69, 9.17) is 4.74 Å². The summed E-state index contributed by atoms with van der Waals surface area (Å²) in [5, 5.41) is 13.4. The molecule has 2 N–H and O–H groups in total. The molecule has 2 heterocycles. The minimum absolute atomic E-state index is 0.189. The molecule has 1 atom stereocenters. The van der Waals surface area contributed by atoms with E-state index in [-0.39, 0.29) is 28.1 Å². The van der Waals surface area contributed by atoms with Gasteiger partial charge in [-0.1, -0.05) is 36.4 Å². The monoisotopic (exact) mass is 578 g/mol. The number of carboxylic acids is 1. The van der Waals surface area contributed by atoms with E-state index in [1.807, 2.05) is 13.0 Å². The number of pyridine rings is 1. The van der Waals surface area contributed by atoms with Gasteiger partial charge in [0.25, 0.3) is 11.5 Å². The first kappa shape index (κ1) is 27.6. The molecule has 0 aliphatic carbocycles. The Morgan fingerprint density at radius 2 is 1.70 bits per heavy atom. The molecule has 9 heteroatoms. The first-order valence-corrected chi connectivity index (χ1v) is 13.3. The highest BCUT2D eigenvalue weighted by Gasteiger charge is 2.30. The molecule has 0 spiro atoms. The summed E-state index contributed by atoms with van der Waals surface area (Å²) in [4.78, 5) is 39.4. The molecular weight excluding hydrogens is 554 g/mol. The topological polar surface area (TPSA) is 97.6 Å². The predicted molar refractivity (Wildman–Crippen MR) is 158 cm³/mol. The number of ether oxygens (including phenoxy) is 1. The standard InChI is InChI=1S/C34H24F2N2O5/c1-18-6-5-9-28-31(18)22-12-19(2)32(36)25(13-22)27(16-30(40)41)37-34(42)33(24-15-23(43-28)10-11-26(24)35)38-17-21-8-4-3-7-20(21)14-29(38)39/h3-17,33H,1-2H3,(H,37,42)(H,40,41)/b27-16-/t33-/m1/s1. The third-order valence-corrected chi connectivity index (χ3v) is 7.42. The molecule has 6 rings (SSSR count). The van der Waals surface area contributed by atoms with Gasteiger partial charge >= 0.3 is 5.97 Å². The van der Waals surface area contributed by atoms with Crippen molar-refractivity contribution in [3.63, 3.8) is 0 Å². The molecule has 4 aromatic carbocycles. The van der Waals surface area contributed by atoms with E-state index < -0.39 is 35.1 Å². The maximum Gasteiger partial charge on any atom is 0.330 e. The van der Waals surface area contributed by atoms with Gasteiger partial charge in [0.15, 0.2) is 0 Å². The van der Waals surface area contributed by atoms with E-state index in [2.05, 4.69) is 5.32 Å². The van der Waals surface area contributed by atoms with Gasteiger partial charge in [0.2, 0.25) is 0 Å². The Labute approximate surface area is 244 Å². The number of amides is 1. The van der Waals surface area contributed by atoms with Crippen molar-refractivity contribution in [1.29, 1.82) is 0 Å². The van der Waals surface area contributed by atoms with Crippen molar-refractivity contribution in [3.05, 3.63) is 135 Å². The van der Waals surface area contributed by atoms with Crippen LogP contribution in [0.25, 0.3) is 27.6 Å². The smallest absolute Gasteiger partial charge is 0.330 e. The molecule has 5 aromatic rings. The van der Waals surface area contributed by atoms with Crippen LogP contribution >= 0.6 is 0 Å². The maximum atomic E-state index is 15.7. The molecule has 0 radical (unpaired) electrons. The Bertz CT molecular complexity index is 2060. The average Bonchev–Trinajstić information content (AvgIpc) is 2.96. The van der Waals surface area contributed by atoms with E-state index in [0.29, 0.717) is 33.7 Å². The fraction of sp³-hybridized carbons (Fsp3) is 0.0882. The van der Waals surface area contributed by atoms with Gasteiger partial charge in [0.1, 0.15) is 29.2 Å². The van der Waals surface area contributed by atoms with E-state index in [1.54, 1.807) is 42.5 Å². The molecule has 0 fully saturated rings. The number of nitrogens with one attached hydrogen (secondary N) is 1. The van der Waals surface area contributed by atoms with Crippen molar-refractivity contribution in [2.75, 3.05) is 0 Å². The lowest BCUT2D eigenvalue weighted by atomic mass is 9.94. The van der Waals surface area contributed by atoms with Gasteiger partial charge in [-0.3, -0.25) is 14.2 Å². The second kappa shape index (κ2) is 10.7. The van der Waals surface area contributed by atoms with Crippen LogP contribution in [-0.2, 0) is 9.59 Å². The summed E-state index contributed by atoms with van der Waals surface area (Å²) in [5.74, 6) is -3.41. The van der Waals surface area contributed by atoms with Gasteiger partial charge in [-0.05, 0) is 77.7 Å². The predicted octanol–water partition coefficient (Wildman–Crippen LogP) is 6.50. The number of aryl methyl sites for hydroxylation is 2. The van der Waals surface area contributed by atoms with Crippen LogP contribution in [0.4, 0.5) is 8.78 Å². The lowest BCUT2D eigenvalue weighted by Crippen LogP contribution is -2.37. The van der Waals surface area contributed by atoms with E-state index in [9.17, 15) is 19.5 Å². The molecule has 214 valence electrons. The number of halogens is 2. The number of aliphatic carboxylic acids is 1. The summed E-state index contributed by atoms with van der Waals surface area (Å²) in [6.45, 7) is 3.36. The highest BCUT2D eigenvalue weighted by Crippen LogP contribution is 2.40. The van der Waals surface area contributed by atoms with Crippen LogP contribution < -0.4 is 15.6 Å². The van der Waals surface area contributed by atoms with Crippen molar-refractivity contribution in [2.45, 2.75) is 19.9 Å². The molecular formula is C34H24F2N2O5. The van der Waals surface area contributed by atoms with E-state index >= 15 is 8.78 Å². The SMILES string of the molecule is Cc1cc2cc(c1F)/C(=C/C(=O)O)NC(=O)[C@H](n1cc3ccccc3cc1=O)c1cc(ccc1F)Oc1cccc(C)c1-2. The average molecular weight is 579 g/mol. The normalized spacial score (nSPS) is 15.5. The summed E-state index contributed by atoms with van der Waals surface area (Å²) >= 11 is 0. The molecule has 1 amide bonds. The van der Waals surface area contributed by atoms with Crippen LogP contribution in [-0.4, -0.2) is 21.6 Å². The van der Waals surface area contributed by atoms with Crippen LogP contribution in [0.2, 0.25) is 0 Å². The minimum atomic E-state index is -1.62. The zero-order chi connectivity index (χ0) is 30.4. The largest absolute Gasteiger partial charge is 0.478 e. The number of carbonyl (C=O) groups is 2. The van der Waals surface area contributed by atoms with Crippen molar-refractivity contribution >= 4 is 28.3 Å². The van der Waals surface area contributed by atoms with E-state index in [0.717, 1.165) is 16.2 Å². The second-order valence-corrected chi connectivity index (χ2v) is 10.3. The fourth-order valence-corrected chi connectivity index (χ4v) is 5.43. The molecule has 43 heavy (non-hydrogen) atoms. The molecule has 0 saturated carbocycles. The summed E-state index contributed by atoms with van der Waals surface area (Å²) in [6, 6.07) is 18.9. The molecule has 4 bridgehead atoms. The Morgan fingerprint density at radius 3 is 2.47 bits per heavy atom. The van der Waals surface area contributed by atoms with Crippen LogP contribution in [0.3, 0.4) is 0 Å². The summed E-state index contributed by atoms with van der Waals surface area (Å²) in [6.07, 6.45) is 2.10. The Morgan fingerprint density at radius 1 is 0.930 bits per heavy atom. The van der Waals surface area contributed by atoms with Gasteiger partial charge in [-0.2, -0.15) is 0 Å². The van der Waals surface area contributed by atoms with Crippen LogP contribution in [0.1, 0.15) is 28.3 Å². The minimum Gasteiger partial charge on any atom is -0.478 e. The zero-order valence-electron chi connectivity index (χ0n) is 23.0. The molecule has 7 nitrogen and oxygen atoms in total. The van der Waals surface area contributed by atoms with Crippen molar-refractivity contribution in [1.82, 2.24) is 9.88 Å². The number of carbonyl (C=O) groups excluding carboxylic acids is 1. The number of hydrogen-bond acceptors (Lipinski definition) is 4. The second-order valence-electron chi connectivity index (χ2n) is 10.3. The van der Waals surface area contributed by atoms with Crippen LogP contribution in [0, 0.1) is 25.5 Å². The number of aromatic nitrogens is 1.